The van der Waals surface area contributed by atoms with E-state index >= 15 is 0 Å². The van der Waals surface area contributed by atoms with E-state index < -0.39 is 21.7 Å². The van der Waals surface area contributed by atoms with E-state index in [0.29, 0.717) is 12.5 Å². The molecule has 1 aliphatic carbocycles. The monoisotopic (exact) mass is 338 g/mol. The van der Waals surface area contributed by atoms with E-state index in [1.807, 2.05) is 30.3 Å². The summed E-state index contributed by atoms with van der Waals surface area (Å²) in [6, 6.07) is 9.94. The van der Waals surface area contributed by atoms with Crippen LogP contribution >= 0.6 is 11.3 Å². The third-order valence-corrected chi connectivity index (χ3v) is 6.46. The predicted molar refractivity (Wildman–Crippen MR) is 81.6 cm³/mol. The number of aromatic carboxylic acids is 1. The molecule has 0 radical (unpaired) electrons. The Bertz CT molecular complexity index is 786. The first-order chi connectivity index (χ1) is 10.5. The largest absolute Gasteiger partial charge is 0.476 e. The van der Waals surface area contributed by atoms with Crippen molar-refractivity contribution in [2.75, 3.05) is 6.54 Å². The summed E-state index contributed by atoms with van der Waals surface area (Å²) in [6.45, 7) is 0.304. The fourth-order valence-corrected chi connectivity index (χ4v) is 4.71. The molecular weight excluding hydrogens is 324 g/mol. The second kappa shape index (κ2) is 5.79. The summed E-state index contributed by atoms with van der Waals surface area (Å²) in [5.41, 5.74) is 2.01. The van der Waals surface area contributed by atoms with E-state index in [2.05, 4.69) is 9.71 Å². The van der Waals surface area contributed by atoms with Crippen LogP contribution in [-0.4, -0.2) is 31.0 Å². The van der Waals surface area contributed by atoms with Crippen LogP contribution in [0, 0.1) is 5.92 Å². The summed E-state index contributed by atoms with van der Waals surface area (Å²) in [6.07, 6.45) is 0.932. The van der Waals surface area contributed by atoms with Crippen LogP contribution in [0.5, 0.6) is 0 Å². The lowest BCUT2D eigenvalue weighted by molar-refractivity contribution is 0.0687. The van der Waals surface area contributed by atoms with Gasteiger partial charge in [-0.05, 0) is 23.8 Å². The third-order valence-electron chi connectivity index (χ3n) is 3.67. The van der Waals surface area contributed by atoms with Crippen molar-refractivity contribution < 1.29 is 18.3 Å². The summed E-state index contributed by atoms with van der Waals surface area (Å²) < 4.78 is 26.6. The summed E-state index contributed by atoms with van der Waals surface area (Å²) >= 11 is 0.812. The lowest BCUT2D eigenvalue weighted by Gasteiger charge is -2.05. The molecule has 0 saturated heterocycles. The van der Waals surface area contributed by atoms with Crippen molar-refractivity contribution in [3.63, 3.8) is 0 Å². The molecule has 1 aromatic carbocycles. The Morgan fingerprint density at radius 2 is 2.09 bits per heavy atom. The zero-order valence-corrected chi connectivity index (χ0v) is 13.1. The maximum absolute atomic E-state index is 12.2. The van der Waals surface area contributed by atoms with Crippen LogP contribution in [0.3, 0.4) is 0 Å². The molecule has 22 heavy (non-hydrogen) atoms. The number of thiazole rings is 1. The molecule has 1 heterocycles. The Kier molecular flexibility index (Phi) is 3.98. The molecule has 0 aliphatic heterocycles. The molecule has 0 amide bonds. The first-order valence-electron chi connectivity index (χ1n) is 6.70. The molecule has 8 heteroatoms. The Hall–Kier alpha value is -1.77. The minimum atomic E-state index is -3.83. The van der Waals surface area contributed by atoms with Crippen LogP contribution in [0.1, 0.15) is 28.4 Å². The average Bonchev–Trinajstić information content (AvgIpc) is 3.09. The number of carboxylic acid groups (broad SMARTS) is 1. The molecule has 1 saturated carbocycles. The number of benzene rings is 1. The van der Waals surface area contributed by atoms with E-state index in [1.54, 1.807) is 0 Å². The normalized spacial score (nSPS) is 20.7. The number of rotatable bonds is 6. The highest BCUT2D eigenvalue weighted by Gasteiger charge is 2.39. The van der Waals surface area contributed by atoms with Crippen LogP contribution < -0.4 is 4.72 Å². The Balaban J connectivity index is 1.65. The van der Waals surface area contributed by atoms with Crippen molar-refractivity contribution >= 4 is 27.3 Å². The van der Waals surface area contributed by atoms with E-state index in [9.17, 15) is 13.2 Å². The van der Waals surface area contributed by atoms with E-state index in [-0.39, 0.29) is 10.1 Å². The second-order valence-corrected chi connectivity index (χ2v) is 7.98. The summed E-state index contributed by atoms with van der Waals surface area (Å²) in [4.78, 5) is 14.6. The molecule has 1 aromatic heterocycles. The van der Waals surface area contributed by atoms with Gasteiger partial charge in [0.15, 0.2) is 9.90 Å². The second-order valence-electron chi connectivity index (χ2n) is 5.16. The van der Waals surface area contributed by atoms with Crippen molar-refractivity contribution in [3.05, 3.63) is 47.1 Å². The van der Waals surface area contributed by atoms with Crippen molar-refractivity contribution in [3.8, 4) is 0 Å². The molecule has 6 nitrogen and oxygen atoms in total. The van der Waals surface area contributed by atoms with Gasteiger partial charge in [-0.3, -0.25) is 0 Å². The van der Waals surface area contributed by atoms with Crippen molar-refractivity contribution in [1.29, 1.82) is 0 Å². The highest BCUT2D eigenvalue weighted by molar-refractivity contribution is 7.91. The SMILES string of the molecule is O=C(O)c1ncsc1S(=O)(=O)NC[C@H]1C[C@@H]1c1ccccc1. The topological polar surface area (TPSA) is 96.4 Å². The summed E-state index contributed by atoms with van der Waals surface area (Å²) in [5.74, 6) is -0.724. The van der Waals surface area contributed by atoms with E-state index in [4.69, 9.17) is 5.11 Å². The van der Waals surface area contributed by atoms with Gasteiger partial charge in [-0.2, -0.15) is 0 Å². The standard InChI is InChI=1S/C14H14N2O4S2/c17-13(18)12-14(21-8-15-12)22(19,20)16-7-10-6-11(10)9-4-2-1-3-5-9/h1-5,8,10-11,16H,6-7H2,(H,17,18)/t10-,11-/m1/s1. The van der Waals surface area contributed by atoms with E-state index in [0.717, 1.165) is 17.8 Å². The molecule has 116 valence electrons. The fourth-order valence-electron chi connectivity index (χ4n) is 2.43. The lowest BCUT2D eigenvalue weighted by atomic mass is 10.1. The molecule has 2 aromatic rings. The highest BCUT2D eigenvalue weighted by atomic mass is 32.2. The quantitative estimate of drug-likeness (QED) is 0.839. The first kappa shape index (κ1) is 15.1. The molecule has 2 atom stereocenters. The van der Waals surface area contributed by atoms with Gasteiger partial charge in [0.05, 0.1) is 5.51 Å². The van der Waals surface area contributed by atoms with Gasteiger partial charge in [0.25, 0.3) is 10.0 Å². The number of hydrogen-bond acceptors (Lipinski definition) is 5. The van der Waals surface area contributed by atoms with Gasteiger partial charge >= 0.3 is 5.97 Å². The maximum Gasteiger partial charge on any atom is 0.356 e. The van der Waals surface area contributed by atoms with Crippen LogP contribution in [0.25, 0.3) is 0 Å². The smallest absolute Gasteiger partial charge is 0.356 e. The Labute approximate surface area is 131 Å². The number of nitrogens with zero attached hydrogens (tertiary/aromatic N) is 1. The van der Waals surface area contributed by atoms with Crippen LogP contribution in [0.15, 0.2) is 40.1 Å². The molecule has 0 unspecified atom stereocenters. The number of carboxylic acids is 1. The van der Waals surface area contributed by atoms with Crippen molar-refractivity contribution in [2.24, 2.45) is 5.92 Å². The number of hydrogen-bond donors (Lipinski definition) is 2. The van der Waals surface area contributed by atoms with Gasteiger partial charge in [0, 0.05) is 6.54 Å². The summed E-state index contributed by atoms with van der Waals surface area (Å²) in [5, 5.41) is 8.95. The number of nitrogens with one attached hydrogen (secondary N) is 1. The molecule has 0 bridgehead atoms. The zero-order chi connectivity index (χ0) is 15.7. The Morgan fingerprint density at radius 3 is 2.77 bits per heavy atom. The van der Waals surface area contributed by atoms with Gasteiger partial charge < -0.3 is 5.11 Å². The molecule has 3 rings (SSSR count). The van der Waals surface area contributed by atoms with Crippen LogP contribution in [0.4, 0.5) is 0 Å². The minimum absolute atomic E-state index is 0.239. The maximum atomic E-state index is 12.2. The lowest BCUT2D eigenvalue weighted by Crippen LogP contribution is -2.27. The number of aromatic nitrogens is 1. The van der Waals surface area contributed by atoms with Crippen LogP contribution in [-0.2, 0) is 10.0 Å². The Morgan fingerprint density at radius 1 is 1.36 bits per heavy atom. The molecule has 2 N–H and O–H groups in total. The highest BCUT2D eigenvalue weighted by Crippen LogP contribution is 2.46. The minimum Gasteiger partial charge on any atom is -0.476 e. The molecule has 1 aliphatic rings. The summed E-state index contributed by atoms with van der Waals surface area (Å²) in [7, 11) is -3.83. The number of carbonyl (C=O) groups is 1. The van der Waals surface area contributed by atoms with Gasteiger partial charge in [0.2, 0.25) is 0 Å². The molecular formula is C14H14N2O4S2. The van der Waals surface area contributed by atoms with E-state index in [1.165, 1.54) is 11.1 Å². The van der Waals surface area contributed by atoms with Gasteiger partial charge in [-0.15, -0.1) is 11.3 Å². The van der Waals surface area contributed by atoms with Gasteiger partial charge in [0.1, 0.15) is 0 Å². The third kappa shape index (κ3) is 3.03. The van der Waals surface area contributed by atoms with Crippen LogP contribution in [0.2, 0.25) is 0 Å². The molecule has 0 spiro atoms. The first-order valence-corrected chi connectivity index (χ1v) is 9.06. The zero-order valence-electron chi connectivity index (χ0n) is 11.5. The predicted octanol–water partition coefficient (Wildman–Crippen LogP) is 1.92. The van der Waals surface area contributed by atoms with Crippen molar-refractivity contribution in [1.82, 2.24) is 9.71 Å². The average molecular weight is 338 g/mol. The molecule has 1 fully saturated rings. The van der Waals surface area contributed by atoms with Crippen molar-refractivity contribution in [2.45, 2.75) is 16.5 Å². The van der Waals surface area contributed by atoms with Gasteiger partial charge in [-0.25, -0.2) is 22.9 Å². The fraction of sp³-hybridized carbons (Fsp3) is 0.286. The number of sulfonamides is 1. The van der Waals surface area contributed by atoms with Gasteiger partial charge in [-0.1, -0.05) is 30.3 Å².